The zero-order chi connectivity index (χ0) is 8.88. The zero-order valence-corrected chi connectivity index (χ0v) is 7.93. The van der Waals surface area contributed by atoms with Crippen molar-refractivity contribution < 1.29 is 0 Å². The molecule has 0 amide bonds. The van der Waals surface area contributed by atoms with E-state index in [9.17, 15) is 0 Å². The van der Waals surface area contributed by atoms with E-state index in [1.54, 1.807) is 0 Å². The van der Waals surface area contributed by atoms with Crippen LogP contribution < -0.4 is 5.32 Å². The Hall–Kier alpha value is -0.720. The van der Waals surface area contributed by atoms with Gasteiger partial charge in [0, 0.05) is 23.2 Å². The van der Waals surface area contributed by atoms with Crippen LogP contribution in [0, 0.1) is 23.7 Å². The van der Waals surface area contributed by atoms with Crippen molar-refractivity contribution >= 4 is 0 Å². The largest absolute Gasteiger partial charge is 0.363 e. The maximum Gasteiger partial charge on any atom is 0.0116 e. The fourth-order valence-corrected chi connectivity index (χ4v) is 3.08. The number of hydrogen-bond donors (Lipinski definition) is 1. The monoisotopic (exact) mass is 163 g/mol. The molecular weight excluding hydrogens is 146 g/mol. The average Bonchev–Trinajstić information content (AvgIpc) is 2.38. The molecule has 2 rings (SSSR count). The van der Waals surface area contributed by atoms with Gasteiger partial charge in [-0.2, -0.15) is 0 Å². The summed E-state index contributed by atoms with van der Waals surface area (Å²) in [5.74, 6) is 2.88. The van der Waals surface area contributed by atoms with Crippen LogP contribution in [0.4, 0.5) is 0 Å². The van der Waals surface area contributed by atoms with Gasteiger partial charge < -0.3 is 5.32 Å². The lowest BCUT2D eigenvalue weighted by Gasteiger charge is -2.13. The molecule has 1 saturated carbocycles. The molecule has 1 aliphatic heterocycles. The third-order valence-electron chi connectivity index (χ3n) is 3.48. The molecule has 66 valence electrons. The number of hydrogen-bond acceptors (Lipinski definition) is 1. The van der Waals surface area contributed by atoms with Crippen LogP contribution in [-0.4, -0.2) is 0 Å². The van der Waals surface area contributed by atoms with Gasteiger partial charge in [0.15, 0.2) is 0 Å². The van der Waals surface area contributed by atoms with Gasteiger partial charge in [-0.25, -0.2) is 0 Å². The summed E-state index contributed by atoms with van der Waals surface area (Å²) >= 11 is 0. The highest BCUT2D eigenvalue weighted by Crippen LogP contribution is 2.50. The van der Waals surface area contributed by atoms with Gasteiger partial charge in [-0.15, -0.1) is 0 Å². The molecule has 1 saturated heterocycles. The van der Waals surface area contributed by atoms with Crippen molar-refractivity contribution in [2.24, 2.45) is 23.7 Å². The van der Waals surface area contributed by atoms with Gasteiger partial charge in [-0.05, 0) is 18.3 Å². The van der Waals surface area contributed by atoms with E-state index in [4.69, 9.17) is 0 Å². The van der Waals surface area contributed by atoms with Crippen LogP contribution in [-0.2, 0) is 0 Å². The van der Waals surface area contributed by atoms with Crippen molar-refractivity contribution in [1.82, 2.24) is 5.32 Å². The summed E-state index contributed by atoms with van der Waals surface area (Å²) in [6, 6.07) is 0. The zero-order valence-electron chi connectivity index (χ0n) is 7.93. The van der Waals surface area contributed by atoms with E-state index in [1.165, 1.54) is 17.8 Å². The SMILES string of the molecule is C=C1NC(=C)C2C(C)CC(C)C12. The molecular formula is C11H17N. The molecule has 12 heavy (non-hydrogen) atoms. The second-order valence-corrected chi connectivity index (χ2v) is 4.42. The molecule has 0 radical (unpaired) electrons. The van der Waals surface area contributed by atoms with E-state index in [1.807, 2.05) is 0 Å². The third kappa shape index (κ3) is 0.855. The molecule has 0 aromatic rings. The van der Waals surface area contributed by atoms with Gasteiger partial charge in [-0.3, -0.25) is 0 Å². The van der Waals surface area contributed by atoms with E-state index in [0.717, 1.165) is 11.8 Å². The summed E-state index contributed by atoms with van der Waals surface area (Å²) in [6.07, 6.45) is 1.33. The minimum absolute atomic E-state index is 0.660. The molecule has 4 unspecified atom stereocenters. The Morgan fingerprint density at radius 3 is 1.92 bits per heavy atom. The first kappa shape index (κ1) is 7.90. The second-order valence-electron chi connectivity index (χ2n) is 4.42. The topological polar surface area (TPSA) is 12.0 Å². The quantitative estimate of drug-likeness (QED) is 0.578. The molecule has 1 aliphatic carbocycles. The first-order valence-corrected chi connectivity index (χ1v) is 4.76. The first-order valence-electron chi connectivity index (χ1n) is 4.76. The van der Waals surface area contributed by atoms with Crippen LogP contribution in [0.3, 0.4) is 0 Å². The van der Waals surface area contributed by atoms with Gasteiger partial charge in [0.2, 0.25) is 0 Å². The van der Waals surface area contributed by atoms with Gasteiger partial charge in [0.1, 0.15) is 0 Å². The molecule has 0 spiro atoms. The molecule has 0 aromatic carbocycles. The summed E-state index contributed by atoms with van der Waals surface area (Å²) in [7, 11) is 0. The highest BCUT2D eigenvalue weighted by atomic mass is 15.0. The Balaban J connectivity index is 2.32. The normalized spacial score (nSPS) is 46.2. The van der Waals surface area contributed by atoms with Crippen LogP contribution in [0.25, 0.3) is 0 Å². The summed E-state index contributed by atoms with van der Waals surface area (Å²) in [5.41, 5.74) is 2.39. The van der Waals surface area contributed by atoms with Crippen LogP contribution in [0.15, 0.2) is 24.6 Å². The minimum atomic E-state index is 0.660. The van der Waals surface area contributed by atoms with Gasteiger partial charge in [0.25, 0.3) is 0 Å². The predicted octanol–water partition coefficient (Wildman–Crippen LogP) is 2.53. The second kappa shape index (κ2) is 2.38. The molecule has 2 fully saturated rings. The maximum absolute atomic E-state index is 4.06. The molecule has 0 bridgehead atoms. The minimum Gasteiger partial charge on any atom is -0.363 e. The van der Waals surface area contributed by atoms with Gasteiger partial charge in [-0.1, -0.05) is 27.0 Å². The van der Waals surface area contributed by atoms with Crippen LogP contribution in [0.5, 0.6) is 0 Å². The highest BCUT2D eigenvalue weighted by molar-refractivity contribution is 5.26. The summed E-state index contributed by atoms with van der Waals surface area (Å²) in [4.78, 5) is 0. The third-order valence-corrected chi connectivity index (χ3v) is 3.48. The smallest absolute Gasteiger partial charge is 0.0116 e. The first-order chi connectivity index (χ1) is 5.61. The summed E-state index contributed by atoms with van der Waals surface area (Å²) < 4.78 is 0. The van der Waals surface area contributed by atoms with E-state index in [-0.39, 0.29) is 0 Å². The Morgan fingerprint density at radius 2 is 1.50 bits per heavy atom. The van der Waals surface area contributed by atoms with Crippen molar-refractivity contribution in [2.75, 3.05) is 0 Å². The standard InChI is InChI=1S/C11H17N/c1-6-5-7(2)11-9(4)12-8(3)10(6)11/h6-7,10-12H,3-5H2,1-2H3. The lowest BCUT2D eigenvalue weighted by Crippen LogP contribution is -2.10. The Morgan fingerprint density at radius 1 is 1.08 bits per heavy atom. The summed E-state index contributed by atoms with van der Waals surface area (Å²) in [6.45, 7) is 12.8. The Kier molecular flexibility index (Phi) is 1.57. The fraction of sp³-hybridized carbons (Fsp3) is 0.636. The molecule has 4 atom stereocenters. The Bertz CT molecular complexity index is 217. The van der Waals surface area contributed by atoms with Crippen LogP contribution in [0.2, 0.25) is 0 Å². The van der Waals surface area contributed by atoms with Crippen molar-refractivity contribution in [3.63, 3.8) is 0 Å². The van der Waals surface area contributed by atoms with Crippen LogP contribution >= 0.6 is 0 Å². The van der Waals surface area contributed by atoms with Crippen molar-refractivity contribution in [3.8, 4) is 0 Å². The molecule has 0 aromatic heterocycles. The van der Waals surface area contributed by atoms with Gasteiger partial charge >= 0.3 is 0 Å². The molecule has 1 N–H and O–H groups in total. The Labute approximate surface area is 74.5 Å². The lowest BCUT2D eigenvalue weighted by atomic mass is 9.88. The van der Waals surface area contributed by atoms with Crippen molar-refractivity contribution in [2.45, 2.75) is 20.3 Å². The van der Waals surface area contributed by atoms with Crippen molar-refractivity contribution in [3.05, 3.63) is 24.6 Å². The predicted molar refractivity (Wildman–Crippen MR) is 51.3 cm³/mol. The van der Waals surface area contributed by atoms with E-state index < -0.39 is 0 Å². The number of allylic oxidation sites excluding steroid dienone is 2. The number of rotatable bonds is 0. The average molecular weight is 163 g/mol. The van der Waals surface area contributed by atoms with Crippen LogP contribution in [0.1, 0.15) is 20.3 Å². The van der Waals surface area contributed by atoms with Crippen molar-refractivity contribution in [1.29, 1.82) is 0 Å². The lowest BCUT2D eigenvalue weighted by molar-refractivity contribution is 0.433. The van der Waals surface area contributed by atoms with E-state index in [2.05, 4.69) is 32.3 Å². The highest BCUT2D eigenvalue weighted by Gasteiger charge is 2.45. The number of nitrogens with one attached hydrogen (secondary N) is 1. The summed E-state index contributed by atoms with van der Waals surface area (Å²) in [5, 5.41) is 3.29. The molecule has 1 heteroatoms. The van der Waals surface area contributed by atoms with Gasteiger partial charge in [0.05, 0.1) is 0 Å². The fourth-order valence-electron chi connectivity index (χ4n) is 3.08. The van der Waals surface area contributed by atoms with E-state index in [0.29, 0.717) is 11.8 Å². The van der Waals surface area contributed by atoms with E-state index >= 15 is 0 Å². The molecule has 1 heterocycles. The maximum atomic E-state index is 4.06. The number of fused-ring (bicyclic) bond motifs is 1. The molecule has 2 aliphatic rings. The molecule has 1 nitrogen and oxygen atoms in total.